The van der Waals surface area contributed by atoms with Crippen LogP contribution in [0.25, 0.3) is 0 Å². The molecule has 14 nitrogen and oxygen atoms in total. The number of carbonyl (C=O) groups is 2. The van der Waals surface area contributed by atoms with E-state index in [0.717, 1.165) is 12.8 Å². The molecule has 2 heterocycles. The lowest BCUT2D eigenvalue weighted by atomic mass is 9.83. The zero-order valence-corrected chi connectivity index (χ0v) is 37.1. The van der Waals surface area contributed by atoms with E-state index in [1.165, 1.54) is 32.9 Å². The van der Waals surface area contributed by atoms with Crippen molar-refractivity contribution in [2.24, 2.45) is 57.7 Å². The molecule has 320 valence electrons. The minimum absolute atomic E-state index is 0.00201. The number of piperidine rings is 2. The molecule has 2 fully saturated rings. The lowest BCUT2D eigenvalue weighted by molar-refractivity contribution is -0.163. The largest absolute Gasteiger partial charge is 0.425 e. The van der Waals surface area contributed by atoms with Crippen molar-refractivity contribution in [1.29, 1.82) is 0 Å². The average molecular weight is 845 g/mol. The first kappa shape index (κ1) is 45.2. The SMILES string of the molecule is CC(C)C(C)C(=O)OCON=C1c2ccc(S(=O)(=O)N3C[C@H](C)C[C@H](C)C3)cc2C(=NOCOC(=O)C(C)C(C)C)c2cc(S(=O)(=O)N3C[C@H](C)C[C@H](C)C3)ccc21. The van der Waals surface area contributed by atoms with E-state index in [4.69, 9.17) is 19.1 Å². The van der Waals surface area contributed by atoms with Crippen LogP contribution < -0.4 is 0 Å². The number of oxime groups is 2. The summed E-state index contributed by atoms with van der Waals surface area (Å²) in [5.74, 6) is -1.00. The van der Waals surface area contributed by atoms with E-state index in [0.29, 0.717) is 37.3 Å². The van der Waals surface area contributed by atoms with Crippen molar-refractivity contribution in [3.63, 3.8) is 0 Å². The molecule has 2 aromatic carbocycles. The van der Waals surface area contributed by atoms with Crippen LogP contribution in [0.1, 0.15) is 104 Å². The minimum atomic E-state index is -4.00. The fraction of sp³-hybridized carbons (Fsp3) is 0.619. The van der Waals surface area contributed by atoms with Crippen LogP contribution in [0.15, 0.2) is 56.5 Å². The van der Waals surface area contributed by atoms with Crippen molar-refractivity contribution in [2.45, 2.75) is 91.9 Å². The minimum Gasteiger partial charge on any atom is -0.425 e. The molecule has 2 saturated heterocycles. The number of rotatable bonds is 14. The van der Waals surface area contributed by atoms with Gasteiger partial charge in [0.1, 0.15) is 11.4 Å². The maximum Gasteiger partial charge on any atom is 0.311 e. The van der Waals surface area contributed by atoms with Crippen LogP contribution in [0.5, 0.6) is 0 Å². The average Bonchev–Trinajstić information content (AvgIpc) is 3.16. The van der Waals surface area contributed by atoms with Crippen molar-refractivity contribution in [1.82, 2.24) is 8.61 Å². The Morgan fingerprint density at radius 3 is 1.24 bits per heavy atom. The molecule has 0 radical (unpaired) electrons. The van der Waals surface area contributed by atoms with Crippen LogP contribution in [-0.2, 0) is 48.8 Å². The quantitative estimate of drug-likeness (QED) is 0.0760. The van der Waals surface area contributed by atoms with E-state index in [-0.39, 0.29) is 73.8 Å². The molecule has 2 aliphatic heterocycles. The first-order chi connectivity index (χ1) is 27.2. The Labute approximate surface area is 344 Å². The van der Waals surface area contributed by atoms with Crippen LogP contribution in [0.3, 0.4) is 0 Å². The molecular formula is C42H60N4O10S2. The van der Waals surface area contributed by atoms with Crippen LogP contribution in [0, 0.1) is 47.3 Å². The third-order valence-corrected chi connectivity index (χ3v) is 15.2. The maximum atomic E-state index is 14.3. The third-order valence-electron chi connectivity index (χ3n) is 11.5. The summed E-state index contributed by atoms with van der Waals surface area (Å²) < 4.78 is 70.7. The van der Waals surface area contributed by atoms with Crippen LogP contribution in [-0.4, -0.2) is 88.6 Å². The lowest BCUT2D eigenvalue weighted by Crippen LogP contribution is -2.42. The van der Waals surface area contributed by atoms with Crippen molar-refractivity contribution < 1.29 is 45.6 Å². The second kappa shape index (κ2) is 18.6. The number of esters is 2. The van der Waals surface area contributed by atoms with Gasteiger partial charge in [0.15, 0.2) is 0 Å². The topological polar surface area (TPSA) is 171 Å². The summed E-state index contributed by atoms with van der Waals surface area (Å²) >= 11 is 0. The Bertz CT molecular complexity index is 1990. The van der Waals surface area contributed by atoms with Gasteiger partial charge in [-0.2, -0.15) is 8.61 Å². The Kier molecular flexibility index (Phi) is 14.5. The predicted octanol–water partition coefficient (Wildman–Crippen LogP) is 6.46. The Hall–Kier alpha value is -3.86. The van der Waals surface area contributed by atoms with Gasteiger partial charge < -0.3 is 19.1 Å². The number of ether oxygens (including phenoxy) is 2. The molecule has 0 aromatic heterocycles. The molecule has 6 atom stereocenters. The second-order valence-electron chi connectivity index (χ2n) is 17.3. The Balaban J connectivity index is 1.64. The number of hydrogen-bond donors (Lipinski definition) is 0. The van der Waals surface area contributed by atoms with Crippen molar-refractivity contribution >= 4 is 43.4 Å². The Morgan fingerprint density at radius 1 is 0.586 bits per heavy atom. The third kappa shape index (κ3) is 10.1. The first-order valence-electron chi connectivity index (χ1n) is 20.2. The summed E-state index contributed by atoms with van der Waals surface area (Å²) in [6, 6.07) is 9.13. The molecule has 3 aliphatic rings. The lowest BCUT2D eigenvalue weighted by Gasteiger charge is -2.34. The van der Waals surface area contributed by atoms with E-state index >= 15 is 0 Å². The maximum absolute atomic E-state index is 14.3. The van der Waals surface area contributed by atoms with E-state index in [2.05, 4.69) is 10.3 Å². The van der Waals surface area contributed by atoms with Gasteiger partial charge >= 0.3 is 11.9 Å². The fourth-order valence-corrected chi connectivity index (χ4v) is 11.1. The molecule has 58 heavy (non-hydrogen) atoms. The second-order valence-corrected chi connectivity index (χ2v) is 21.2. The zero-order chi connectivity index (χ0) is 42.7. The van der Waals surface area contributed by atoms with Crippen LogP contribution in [0.2, 0.25) is 0 Å². The highest BCUT2D eigenvalue weighted by atomic mass is 32.2. The van der Waals surface area contributed by atoms with Crippen molar-refractivity contribution in [3.8, 4) is 0 Å². The van der Waals surface area contributed by atoms with Crippen molar-refractivity contribution in [3.05, 3.63) is 58.7 Å². The van der Waals surface area contributed by atoms with Gasteiger partial charge in [0.05, 0.1) is 21.6 Å². The van der Waals surface area contributed by atoms with Gasteiger partial charge in [-0.05, 0) is 72.6 Å². The Morgan fingerprint density at radius 2 is 0.914 bits per heavy atom. The van der Waals surface area contributed by atoms with Gasteiger partial charge in [-0.25, -0.2) is 16.8 Å². The normalized spacial score (nSPS) is 22.8. The number of fused-ring (bicyclic) bond motifs is 2. The number of carbonyl (C=O) groups excluding carboxylic acids is 2. The number of sulfonamides is 2. The highest BCUT2D eigenvalue weighted by molar-refractivity contribution is 7.89. The van der Waals surface area contributed by atoms with Crippen LogP contribution in [0.4, 0.5) is 0 Å². The number of benzene rings is 2. The fourth-order valence-electron chi connectivity index (χ4n) is 7.72. The number of hydrogen-bond acceptors (Lipinski definition) is 12. The monoisotopic (exact) mass is 844 g/mol. The van der Waals surface area contributed by atoms with E-state index in [1.807, 2.05) is 55.4 Å². The zero-order valence-electron chi connectivity index (χ0n) is 35.4. The highest BCUT2D eigenvalue weighted by Crippen LogP contribution is 2.35. The van der Waals surface area contributed by atoms with E-state index in [9.17, 15) is 26.4 Å². The molecule has 5 rings (SSSR count). The van der Waals surface area contributed by atoms with E-state index in [1.54, 1.807) is 26.0 Å². The van der Waals surface area contributed by atoms with Gasteiger partial charge in [0.2, 0.25) is 20.0 Å². The molecule has 1 aliphatic carbocycles. The molecule has 2 aromatic rings. The molecule has 0 spiro atoms. The highest BCUT2D eigenvalue weighted by Gasteiger charge is 2.37. The molecule has 0 N–H and O–H groups in total. The summed E-state index contributed by atoms with van der Waals surface area (Å²) in [6.45, 7) is 19.6. The molecule has 0 bridgehead atoms. The summed E-state index contributed by atoms with van der Waals surface area (Å²) in [5, 5.41) is 8.80. The summed E-state index contributed by atoms with van der Waals surface area (Å²) in [5.41, 5.74) is 1.64. The number of nitrogens with zero attached hydrogens (tertiary/aromatic N) is 4. The summed E-state index contributed by atoms with van der Waals surface area (Å²) in [7, 11) is -8.00. The summed E-state index contributed by atoms with van der Waals surface area (Å²) in [4.78, 5) is 36.5. The van der Waals surface area contributed by atoms with Gasteiger partial charge in [-0.15, -0.1) is 0 Å². The van der Waals surface area contributed by atoms with Crippen LogP contribution >= 0.6 is 0 Å². The first-order valence-corrected chi connectivity index (χ1v) is 23.1. The van der Waals surface area contributed by atoms with Gasteiger partial charge in [-0.1, -0.05) is 91.7 Å². The molecular weight excluding hydrogens is 785 g/mol. The summed E-state index contributed by atoms with van der Waals surface area (Å²) in [6.07, 6.45) is 1.82. The van der Waals surface area contributed by atoms with Gasteiger partial charge in [0, 0.05) is 48.4 Å². The standard InChI is InChI=1S/C42H60N4O10S2/c1-25(2)31(9)41(47)53-23-55-43-39-35-13-11-33(57(49,50)45-19-27(5)15-28(6)20-45)17-37(35)40(44-56-24-54-42(48)32(10)26(3)4)38-18-34(12-14-36(38)39)58(51,52)46-21-29(7)16-30(8)22-46/h11-14,17-18,25-32H,15-16,19-24H2,1-10H3/t27-,28+,29-,30+,31?,32?. The molecule has 0 amide bonds. The van der Waals surface area contributed by atoms with Crippen molar-refractivity contribution in [2.75, 3.05) is 39.8 Å². The smallest absolute Gasteiger partial charge is 0.311 e. The molecule has 2 unspecified atom stereocenters. The molecule has 16 heteroatoms. The predicted molar refractivity (Wildman–Crippen MR) is 220 cm³/mol. The van der Waals surface area contributed by atoms with Gasteiger partial charge in [0.25, 0.3) is 13.6 Å². The van der Waals surface area contributed by atoms with E-state index < -0.39 is 51.5 Å². The molecule has 0 saturated carbocycles. The van der Waals surface area contributed by atoms with Gasteiger partial charge in [-0.3, -0.25) is 9.59 Å².